The van der Waals surface area contributed by atoms with Crippen LogP contribution in [0.2, 0.25) is 0 Å². The van der Waals surface area contributed by atoms with E-state index in [2.05, 4.69) is 14.7 Å². The van der Waals surface area contributed by atoms with Gasteiger partial charge in [-0.15, -0.1) is 0 Å². The zero-order chi connectivity index (χ0) is 17.5. The summed E-state index contributed by atoms with van der Waals surface area (Å²) >= 11 is 0. The summed E-state index contributed by atoms with van der Waals surface area (Å²) in [6, 6.07) is 6.90. The van der Waals surface area contributed by atoms with Crippen LogP contribution < -0.4 is 10.5 Å². The number of nitrogen functional groups attached to an aromatic ring is 1. The monoisotopic (exact) mass is 346 g/mol. The first-order valence-electron chi connectivity index (χ1n) is 7.96. The van der Waals surface area contributed by atoms with Crippen LogP contribution in [0.5, 0.6) is 0 Å². The lowest BCUT2D eigenvalue weighted by Gasteiger charge is -2.22. The molecule has 0 unspecified atom stereocenters. The van der Waals surface area contributed by atoms with Gasteiger partial charge in [0.2, 0.25) is 16.0 Å². The maximum absolute atomic E-state index is 12.8. The van der Waals surface area contributed by atoms with E-state index in [1.54, 1.807) is 18.2 Å². The van der Waals surface area contributed by atoms with Crippen molar-refractivity contribution in [1.82, 2.24) is 14.7 Å². The number of nitrogens with zero attached hydrogens (tertiary/aromatic N) is 2. The van der Waals surface area contributed by atoms with Crippen molar-refractivity contribution < 1.29 is 8.42 Å². The number of nitrogens with two attached hydrogens (primary N) is 1. The molecule has 0 spiro atoms. The van der Waals surface area contributed by atoms with Crippen molar-refractivity contribution in [2.75, 3.05) is 5.73 Å². The zero-order valence-electron chi connectivity index (χ0n) is 14.1. The van der Waals surface area contributed by atoms with Crippen LogP contribution in [-0.2, 0) is 22.9 Å². The molecule has 2 aromatic rings. The molecule has 0 amide bonds. The molecule has 3 rings (SSSR count). The summed E-state index contributed by atoms with van der Waals surface area (Å²) in [5.41, 5.74) is 8.40. The Hall–Kier alpha value is -1.99. The van der Waals surface area contributed by atoms with Gasteiger partial charge in [-0.25, -0.2) is 23.1 Å². The molecule has 1 aromatic heterocycles. The lowest BCUT2D eigenvalue weighted by Crippen LogP contribution is -2.40. The summed E-state index contributed by atoms with van der Waals surface area (Å²) in [6.45, 7) is 5.44. The normalized spacial score (nSPS) is 14.6. The molecule has 3 N–H and O–H groups in total. The first-order valence-corrected chi connectivity index (χ1v) is 9.44. The number of sulfonamides is 1. The zero-order valence-corrected chi connectivity index (χ0v) is 14.9. The SMILES string of the molecule is CC(C)(C)NS(=O)(=O)c1ccccc1-c1nc(N)nc2c1CCC2. The first-order chi connectivity index (χ1) is 11.2. The maximum Gasteiger partial charge on any atom is 0.241 e. The molecule has 1 aromatic carbocycles. The number of hydrogen-bond acceptors (Lipinski definition) is 5. The molecule has 7 heteroatoms. The van der Waals surface area contributed by atoms with Gasteiger partial charge in [-0.05, 0) is 46.1 Å². The number of benzene rings is 1. The number of fused-ring (bicyclic) bond motifs is 1. The second kappa shape index (κ2) is 5.82. The molecule has 128 valence electrons. The quantitative estimate of drug-likeness (QED) is 0.888. The fraction of sp³-hybridized carbons (Fsp3) is 0.412. The minimum absolute atomic E-state index is 0.182. The number of hydrogen-bond donors (Lipinski definition) is 2. The van der Waals surface area contributed by atoms with Crippen LogP contribution in [0, 0.1) is 0 Å². The van der Waals surface area contributed by atoms with E-state index >= 15 is 0 Å². The summed E-state index contributed by atoms with van der Waals surface area (Å²) in [7, 11) is -3.68. The summed E-state index contributed by atoms with van der Waals surface area (Å²) in [5, 5.41) is 0. The van der Waals surface area contributed by atoms with Crippen molar-refractivity contribution in [3.05, 3.63) is 35.5 Å². The predicted molar refractivity (Wildman–Crippen MR) is 94.0 cm³/mol. The smallest absolute Gasteiger partial charge is 0.241 e. The van der Waals surface area contributed by atoms with Crippen LogP contribution in [0.15, 0.2) is 29.2 Å². The van der Waals surface area contributed by atoms with E-state index in [0.29, 0.717) is 11.3 Å². The third-order valence-electron chi connectivity index (χ3n) is 3.82. The molecule has 0 atom stereocenters. The number of rotatable bonds is 3. The van der Waals surface area contributed by atoms with E-state index in [4.69, 9.17) is 5.73 Å². The van der Waals surface area contributed by atoms with Crippen LogP contribution in [-0.4, -0.2) is 23.9 Å². The Morgan fingerprint density at radius 2 is 1.83 bits per heavy atom. The fourth-order valence-corrected chi connectivity index (χ4v) is 4.66. The van der Waals surface area contributed by atoms with E-state index in [1.807, 2.05) is 26.8 Å². The molecule has 1 aliphatic carbocycles. The van der Waals surface area contributed by atoms with Crippen LogP contribution in [0.4, 0.5) is 5.95 Å². The van der Waals surface area contributed by atoms with Crippen molar-refractivity contribution >= 4 is 16.0 Å². The Morgan fingerprint density at radius 1 is 1.12 bits per heavy atom. The largest absolute Gasteiger partial charge is 0.368 e. The van der Waals surface area contributed by atoms with Gasteiger partial charge < -0.3 is 5.73 Å². The molecule has 0 saturated heterocycles. The van der Waals surface area contributed by atoms with Crippen LogP contribution in [0.1, 0.15) is 38.4 Å². The van der Waals surface area contributed by atoms with Crippen molar-refractivity contribution in [3.63, 3.8) is 0 Å². The molecule has 0 fully saturated rings. The van der Waals surface area contributed by atoms with E-state index in [-0.39, 0.29) is 10.8 Å². The fourth-order valence-electron chi connectivity index (χ4n) is 3.03. The molecule has 1 aliphatic rings. The van der Waals surface area contributed by atoms with Gasteiger partial charge in [0.1, 0.15) is 0 Å². The highest BCUT2D eigenvalue weighted by atomic mass is 32.2. The molecule has 6 nitrogen and oxygen atoms in total. The molecule has 24 heavy (non-hydrogen) atoms. The Bertz CT molecular complexity index is 886. The topological polar surface area (TPSA) is 98.0 Å². The number of aryl methyl sites for hydroxylation is 1. The van der Waals surface area contributed by atoms with Crippen molar-refractivity contribution in [2.24, 2.45) is 0 Å². The number of anilines is 1. The Kier molecular flexibility index (Phi) is 4.09. The molecule has 1 heterocycles. The van der Waals surface area contributed by atoms with Crippen LogP contribution in [0.3, 0.4) is 0 Å². The standard InChI is InChI=1S/C17H22N4O2S/c1-17(2,3)21-24(22,23)14-10-5-4-7-12(14)15-11-8-6-9-13(11)19-16(18)20-15/h4-5,7,10,21H,6,8-9H2,1-3H3,(H2,18,19,20). The van der Waals surface area contributed by atoms with Gasteiger partial charge >= 0.3 is 0 Å². The molecule has 0 bridgehead atoms. The number of aromatic nitrogens is 2. The van der Waals surface area contributed by atoms with Gasteiger partial charge in [0.15, 0.2) is 0 Å². The lowest BCUT2D eigenvalue weighted by atomic mass is 10.1. The Balaban J connectivity index is 2.19. The van der Waals surface area contributed by atoms with Gasteiger partial charge in [0, 0.05) is 22.4 Å². The van der Waals surface area contributed by atoms with Crippen LogP contribution in [0.25, 0.3) is 11.3 Å². The highest BCUT2D eigenvalue weighted by Crippen LogP contribution is 2.34. The highest BCUT2D eigenvalue weighted by Gasteiger charge is 2.28. The molecular weight excluding hydrogens is 324 g/mol. The van der Waals surface area contributed by atoms with Crippen molar-refractivity contribution in [2.45, 2.75) is 50.5 Å². The average molecular weight is 346 g/mol. The summed E-state index contributed by atoms with van der Waals surface area (Å²) in [6.07, 6.45) is 2.67. The second-order valence-electron chi connectivity index (χ2n) is 7.06. The Labute approximate surface area is 142 Å². The minimum Gasteiger partial charge on any atom is -0.368 e. The van der Waals surface area contributed by atoms with Crippen molar-refractivity contribution in [3.8, 4) is 11.3 Å². The average Bonchev–Trinajstić information content (AvgIpc) is 2.92. The molecular formula is C17H22N4O2S. The number of nitrogens with one attached hydrogen (secondary N) is 1. The summed E-state index contributed by atoms with van der Waals surface area (Å²) in [4.78, 5) is 8.87. The van der Waals surface area contributed by atoms with E-state index < -0.39 is 15.6 Å². The molecule has 0 saturated carbocycles. The lowest BCUT2D eigenvalue weighted by molar-refractivity contribution is 0.491. The third-order valence-corrected chi connectivity index (χ3v) is 5.64. The predicted octanol–water partition coefficient (Wildman–Crippen LogP) is 2.29. The van der Waals surface area contributed by atoms with Gasteiger partial charge in [-0.3, -0.25) is 0 Å². The summed E-state index contributed by atoms with van der Waals surface area (Å²) in [5.74, 6) is 0.182. The maximum atomic E-state index is 12.8. The summed E-state index contributed by atoms with van der Waals surface area (Å²) < 4.78 is 28.4. The second-order valence-corrected chi connectivity index (χ2v) is 8.71. The Morgan fingerprint density at radius 3 is 2.54 bits per heavy atom. The van der Waals surface area contributed by atoms with Gasteiger partial charge in [-0.1, -0.05) is 18.2 Å². The third kappa shape index (κ3) is 3.27. The van der Waals surface area contributed by atoms with Crippen molar-refractivity contribution in [1.29, 1.82) is 0 Å². The molecule has 0 radical (unpaired) electrons. The van der Waals surface area contributed by atoms with Gasteiger partial charge in [0.25, 0.3) is 0 Å². The van der Waals surface area contributed by atoms with Gasteiger partial charge in [0.05, 0.1) is 10.6 Å². The molecule has 0 aliphatic heterocycles. The van der Waals surface area contributed by atoms with E-state index in [0.717, 1.165) is 30.5 Å². The van der Waals surface area contributed by atoms with Crippen LogP contribution >= 0.6 is 0 Å². The van der Waals surface area contributed by atoms with E-state index in [1.165, 1.54) is 0 Å². The van der Waals surface area contributed by atoms with Gasteiger partial charge in [-0.2, -0.15) is 0 Å². The first kappa shape index (κ1) is 16.9. The van der Waals surface area contributed by atoms with E-state index in [9.17, 15) is 8.42 Å². The highest BCUT2D eigenvalue weighted by molar-refractivity contribution is 7.89. The minimum atomic E-state index is -3.68.